The van der Waals surface area contributed by atoms with Crippen LogP contribution in [-0.2, 0) is 11.3 Å². The Morgan fingerprint density at radius 1 is 1.16 bits per heavy atom. The minimum Gasteiger partial charge on any atom is -0.334 e. The maximum atomic E-state index is 12.9. The van der Waals surface area contributed by atoms with Crippen molar-refractivity contribution in [3.63, 3.8) is 0 Å². The van der Waals surface area contributed by atoms with Gasteiger partial charge in [0.1, 0.15) is 6.54 Å². The molecule has 1 atom stereocenters. The van der Waals surface area contributed by atoms with Gasteiger partial charge in [0.15, 0.2) is 0 Å². The molecule has 1 aliphatic heterocycles. The van der Waals surface area contributed by atoms with Crippen molar-refractivity contribution in [2.45, 2.75) is 52.6 Å². The lowest BCUT2D eigenvalue weighted by Gasteiger charge is -2.37. The first-order valence-corrected chi connectivity index (χ1v) is 8.87. The maximum Gasteiger partial charge on any atom is 0.267 e. The molecule has 0 aliphatic carbocycles. The molecule has 0 N–H and O–H groups in total. The molecule has 0 radical (unpaired) electrons. The van der Waals surface area contributed by atoms with Gasteiger partial charge in [-0.3, -0.25) is 9.59 Å². The van der Waals surface area contributed by atoms with Crippen molar-refractivity contribution in [2.75, 3.05) is 6.54 Å². The lowest BCUT2D eigenvalue weighted by atomic mass is 9.90. The Morgan fingerprint density at radius 3 is 2.76 bits per heavy atom. The Kier molecular flexibility index (Phi) is 5.02. The Labute approximate surface area is 148 Å². The number of amides is 1. The first-order chi connectivity index (χ1) is 12.0. The van der Waals surface area contributed by atoms with E-state index in [1.807, 2.05) is 11.8 Å². The van der Waals surface area contributed by atoms with Crippen molar-refractivity contribution < 1.29 is 4.79 Å². The first-order valence-electron chi connectivity index (χ1n) is 8.87. The number of piperidine rings is 1. The molecule has 1 saturated heterocycles. The van der Waals surface area contributed by atoms with Crippen molar-refractivity contribution in [2.24, 2.45) is 0 Å². The Bertz CT molecular complexity index is 841. The van der Waals surface area contributed by atoms with Gasteiger partial charge in [-0.05, 0) is 62.8 Å². The molecule has 1 fully saturated rings. The fraction of sp³-hybridized carbons (Fsp3) is 0.450. The molecule has 3 rings (SSSR count). The Morgan fingerprint density at radius 2 is 1.96 bits per heavy atom. The van der Waals surface area contributed by atoms with Gasteiger partial charge in [-0.25, -0.2) is 4.68 Å². The first kappa shape index (κ1) is 17.4. The van der Waals surface area contributed by atoms with E-state index in [0.29, 0.717) is 0 Å². The highest BCUT2D eigenvalue weighted by Gasteiger charge is 2.29. The zero-order valence-corrected chi connectivity index (χ0v) is 15.2. The fourth-order valence-corrected chi connectivity index (χ4v) is 3.57. The number of likely N-dealkylation sites (tertiary alicyclic amines) is 1. The molecule has 0 saturated carbocycles. The molecule has 1 aliphatic rings. The molecule has 25 heavy (non-hydrogen) atoms. The number of aromatic nitrogens is 2. The Balaban J connectivity index is 1.88. The van der Waals surface area contributed by atoms with Gasteiger partial charge in [0.05, 0.1) is 11.7 Å². The molecule has 2 heterocycles. The summed E-state index contributed by atoms with van der Waals surface area (Å²) in [5, 5.41) is 4.19. The highest BCUT2D eigenvalue weighted by molar-refractivity contribution is 5.76. The van der Waals surface area contributed by atoms with E-state index in [0.717, 1.165) is 31.5 Å². The quantitative estimate of drug-likeness (QED) is 0.864. The van der Waals surface area contributed by atoms with Crippen LogP contribution >= 0.6 is 0 Å². The van der Waals surface area contributed by atoms with E-state index in [1.54, 1.807) is 6.07 Å². The van der Waals surface area contributed by atoms with Crippen LogP contribution in [-0.4, -0.2) is 27.1 Å². The molecule has 132 valence electrons. The third kappa shape index (κ3) is 3.65. The third-order valence-corrected chi connectivity index (χ3v) is 5.11. The standard InChI is InChI=1S/C20H25N3O2/c1-14-7-6-8-17(16(14)3)18-9-4-5-12-22(18)20(25)13-23-19(24)11-10-15(2)21-23/h6-8,10-11,18H,4-5,9,12-13H2,1-3H3/t18-/m0/s1. The topological polar surface area (TPSA) is 55.2 Å². The number of carbonyl (C=O) groups excluding carboxylic acids is 1. The number of benzene rings is 1. The molecular weight excluding hydrogens is 314 g/mol. The molecule has 5 nitrogen and oxygen atoms in total. The van der Waals surface area contributed by atoms with Gasteiger partial charge in [0.25, 0.3) is 5.56 Å². The zero-order chi connectivity index (χ0) is 18.0. The van der Waals surface area contributed by atoms with Crippen LogP contribution in [0.15, 0.2) is 35.1 Å². The lowest BCUT2D eigenvalue weighted by molar-refractivity contribution is -0.136. The Hall–Kier alpha value is -2.43. The van der Waals surface area contributed by atoms with E-state index >= 15 is 0 Å². The van der Waals surface area contributed by atoms with Gasteiger partial charge in [-0.15, -0.1) is 0 Å². The van der Waals surface area contributed by atoms with Crippen LogP contribution in [0, 0.1) is 20.8 Å². The van der Waals surface area contributed by atoms with E-state index in [9.17, 15) is 9.59 Å². The average molecular weight is 339 g/mol. The second-order valence-corrected chi connectivity index (χ2v) is 6.86. The summed E-state index contributed by atoms with van der Waals surface area (Å²) in [7, 11) is 0. The highest BCUT2D eigenvalue weighted by atomic mass is 16.2. The lowest BCUT2D eigenvalue weighted by Crippen LogP contribution is -2.42. The molecule has 0 unspecified atom stereocenters. The predicted octanol–water partition coefficient (Wildman–Crippen LogP) is 2.92. The second-order valence-electron chi connectivity index (χ2n) is 6.86. The van der Waals surface area contributed by atoms with Crippen molar-refractivity contribution in [3.05, 3.63) is 63.1 Å². The molecule has 1 aromatic carbocycles. The monoisotopic (exact) mass is 339 g/mol. The van der Waals surface area contributed by atoms with E-state index < -0.39 is 0 Å². The van der Waals surface area contributed by atoms with E-state index in [2.05, 4.69) is 37.1 Å². The van der Waals surface area contributed by atoms with E-state index in [4.69, 9.17) is 0 Å². The molecule has 5 heteroatoms. The minimum absolute atomic E-state index is 0.00186. The van der Waals surface area contributed by atoms with Crippen LogP contribution in [0.3, 0.4) is 0 Å². The summed E-state index contributed by atoms with van der Waals surface area (Å²) >= 11 is 0. The van der Waals surface area contributed by atoms with Crippen molar-refractivity contribution >= 4 is 5.91 Å². The van der Waals surface area contributed by atoms with Gasteiger partial charge in [0, 0.05) is 12.6 Å². The summed E-state index contributed by atoms with van der Waals surface area (Å²) in [5.74, 6) is -0.0363. The highest BCUT2D eigenvalue weighted by Crippen LogP contribution is 2.33. The summed E-state index contributed by atoms with van der Waals surface area (Å²) in [5.41, 5.74) is 4.21. The summed E-state index contributed by atoms with van der Waals surface area (Å²) in [4.78, 5) is 26.8. The van der Waals surface area contributed by atoms with Gasteiger partial charge in [0.2, 0.25) is 5.91 Å². The number of hydrogen-bond donors (Lipinski definition) is 0. The van der Waals surface area contributed by atoms with Crippen molar-refractivity contribution in [1.29, 1.82) is 0 Å². The van der Waals surface area contributed by atoms with Crippen LogP contribution < -0.4 is 5.56 Å². The van der Waals surface area contributed by atoms with E-state index in [1.165, 1.54) is 27.4 Å². The van der Waals surface area contributed by atoms with Crippen LogP contribution in [0.2, 0.25) is 0 Å². The fourth-order valence-electron chi connectivity index (χ4n) is 3.57. The van der Waals surface area contributed by atoms with Crippen LogP contribution in [0.5, 0.6) is 0 Å². The number of aryl methyl sites for hydroxylation is 2. The largest absolute Gasteiger partial charge is 0.334 e. The predicted molar refractivity (Wildman–Crippen MR) is 97.5 cm³/mol. The summed E-state index contributed by atoms with van der Waals surface area (Å²) in [6, 6.07) is 9.50. The van der Waals surface area contributed by atoms with Gasteiger partial charge >= 0.3 is 0 Å². The van der Waals surface area contributed by atoms with Crippen LogP contribution in [0.4, 0.5) is 0 Å². The number of nitrogens with zero attached hydrogens (tertiary/aromatic N) is 3. The van der Waals surface area contributed by atoms with Gasteiger partial charge in [-0.1, -0.05) is 18.2 Å². The summed E-state index contributed by atoms with van der Waals surface area (Å²) < 4.78 is 1.27. The number of rotatable bonds is 3. The van der Waals surface area contributed by atoms with Crippen LogP contribution in [0.1, 0.15) is 47.7 Å². The minimum atomic E-state index is -0.237. The molecule has 1 amide bonds. The van der Waals surface area contributed by atoms with Crippen molar-refractivity contribution in [1.82, 2.24) is 14.7 Å². The van der Waals surface area contributed by atoms with Gasteiger partial charge < -0.3 is 4.90 Å². The molecule has 0 spiro atoms. The molecule has 2 aromatic rings. The SMILES string of the molecule is Cc1ccc(=O)n(CC(=O)N2CCCC[C@H]2c2cccc(C)c2C)n1. The second kappa shape index (κ2) is 7.21. The smallest absolute Gasteiger partial charge is 0.267 e. The molecule has 1 aromatic heterocycles. The van der Waals surface area contributed by atoms with Crippen molar-refractivity contribution in [3.8, 4) is 0 Å². The zero-order valence-electron chi connectivity index (χ0n) is 15.2. The van der Waals surface area contributed by atoms with Crippen LogP contribution in [0.25, 0.3) is 0 Å². The number of carbonyl (C=O) groups is 1. The molecule has 0 bridgehead atoms. The number of hydrogen-bond acceptors (Lipinski definition) is 3. The maximum absolute atomic E-state index is 12.9. The molecular formula is C20H25N3O2. The van der Waals surface area contributed by atoms with E-state index in [-0.39, 0.29) is 24.1 Å². The normalized spacial score (nSPS) is 17.6. The van der Waals surface area contributed by atoms with Gasteiger partial charge in [-0.2, -0.15) is 5.10 Å². The summed E-state index contributed by atoms with van der Waals surface area (Å²) in [6.07, 6.45) is 3.08. The summed E-state index contributed by atoms with van der Waals surface area (Å²) in [6.45, 7) is 6.78. The third-order valence-electron chi connectivity index (χ3n) is 5.11. The average Bonchev–Trinajstić information content (AvgIpc) is 2.60.